The average Bonchev–Trinajstić information content (AvgIpc) is 3.42. The Morgan fingerprint density at radius 3 is 2.56 bits per heavy atom. The van der Waals surface area contributed by atoms with Gasteiger partial charge in [0.15, 0.2) is 5.69 Å². The Balaban J connectivity index is 1.93. The van der Waals surface area contributed by atoms with Crippen LogP contribution < -0.4 is 16.0 Å². The Kier molecular flexibility index (Phi) is 5.47. The second kappa shape index (κ2) is 8.41. The highest BCUT2D eigenvalue weighted by Gasteiger charge is 2.33. The summed E-state index contributed by atoms with van der Waals surface area (Å²) >= 11 is 1.14. The molecule has 0 spiro atoms. The van der Waals surface area contributed by atoms with Crippen molar-refractivity contribution in [2.75, 3.05) is 7.11 Å². The molecule has 0 bridgehead atoms. The molecule has 2 aromatic carbocycles. The molecule has 0 aliphatic rings. The molecule has 0 fully saturated rings. The van der Waals surface area contributed by atoms with Crippen LogP contribution in [0.4, 0.5) is 13.2 Å². The Bertz CT molecular complexity index is 1780. The van der Waals surface area contributed by atoms with E-state index < -0.39 is 40.3 Å². The van der Waals surface area contributed by atoms with Gasteiger partial charge < -0.3 is 19.4 Å². The van der Waals surface area contributed by atoms with E-state index in [9.17, 15) is 32.7 Å². The quantitative estimate of drug-likeness (QED) is 0.359. The lowest BCUT2D eigenvalue weighted by atomic mass is 10.1. The maximum Gasteiger partial charge on any atom is 0.416 e. The number of aromatic nitrogens is 3. The van der Waals surface area contributed by atoms with E-state index in [1.165, 1.54) is 22.4 Å². The number of aromatic carboxylic acids is 1. The minimum absolute atomic E-state index is 0.0954. The number of H-pyrrole nitrogens is 1. The topological polar surface area (TPSA) is 106 Å². The zero-order chi connectivity index (χ0) is 25.8. The first-order chi connectivity index (χ1) is 17.1. The summed E-state index contributed by atoms with van der Waals surface area (Å²) in [7, 11) is 1.43. The molecule has 0 amide bonds. The van der Waals surface area contributed by atoms with Gasteiger partial charge in [0, 0.05) is 21.7 Å². The number of fused-ring (bicyclic) bond motifs is 2. The Labute approximate surface area is 203 Å². The zero-order valence-electron chi connectivity index (χ0n) is 18.4. The molecule has 0 radical (unpaired) electrons. The zero-order valence-corrected chi connectivity index (χ0v) is 19.2. The number of aromatic amines is 1. The molecule has 3 heterocycles. The molecule has 12 heteroatoms. The van der Waals surface area contributed by atoms with Gasteiger partial charge in [-0.25, -0.2) is 14.2 Å². The number of carbonyl (C=O) groups is 1. The van der Waals surface area contributed by atoms with E-state index in [1.54, 1.807) is 24.3 Å². The van der Waals surface area contributed by atoms with Gasteiger partial charge in [0.25, 0.3) is 5.56 Å². The van der Waals surface area contributed by atoms with Crippen molar-refractivity contribution < 1.29 is 27.8 Å². The number of alkyl halides is 3. The first-order valence-electron chi connectivity index (χ1n) is 10.4. The molecule has 0 saturated heterocycles. The number of hydrogen-bond acceptors (Lipinski definition) is 5. The van der Waals surface area contributed by atoms with Crippen LogP contribution in [0.2, 0.25) is 0 Å². The highest BCUT2D eigenvalue weighted by molar-refractivity contribution is 7.09. The van der Waals surface area contributed by atoms with Crippen LogP contribution in [0, 0.1) is 0 Å². The van der Waals surface area contributed by atoms with E-state index in [2.05, 4.69) is 4.98 Å². The highest BCUT2D eigenvalue weighted by Crippen LogP contribution is 2.36. The lowest BCUT2D eigenvalue weighted by Gasteiger charge is -2.13. The van der Waals surface area contributed by atoms with Gasteiger partial charge in [-0.2, -0.15) is 13.2 Å². The van der Waals surface area contributed by atoms with Crippen molar-refractivity contribution in [3.63, 3.8) is 0 Å². The summed E-state index contributed by atoms with van der Waals surface area (Å²) in [6, 6.07) is 9.45. The van der Waals surface area contributed by atoms with Gasteiger partial charge in [-0.3, -0.25) is 4.79 Å². The standard InChI is InChI=1S/C24H16F3N3O5S/c1-35-18-5-3-2-4-12(18)9-29-17-7-6-13(24(25,26)27)8-14(17)19(20(29)22(32)33)30-21(31)15-10-36-11-16(15)28-23(30)34/h2-8,10-11H,9H2,1H3,(H,28,34)(H,32,33). The summed E-state index contributed by atoms with van der Waals surface area (Å²) in [5.41, 5.74) is -2.94. The maximum absolute atomic E-state index is 13.6. The number of carboxylic acid groups (broad SMARTS) is 1. The molecular weight excluding hydrogens is 499 g/mol. The van der Waals surface area contributed by atoms with Gasteiger partial charge in [0.05, 0.1) is 41.3 Å². The number of para-hydroxylation sites is 1. The van der Waals surface area contributed by atoms with Gasteiger partial charge in [-0.05, 0) is 24.3 Å². The number of benzene rings is 2. The molecule has 5 rings (SSSR count). The molecule has 0 aliphatic carbocycles. The molecule has 0 unspecified atom stereocenters. The number of ether oxygens (including phenoxy) is 1. The minimum atomic E-state index is -4.74. The predicted octanol–water partition coefficient (Wildman–Crippen LogP) is 4.47. The summed E-state index contributed by atoms with van der Waals surface area (Å²) in [5, 5.41) is 13.1. The lowest BCUT2D eigenvalue weighted by Crippen LogP contribution is -2.34. The van der Waals surface area contributed by atoms with Crippen LogP contribution in [0.25, 0.3) is 27.5 Å². The van der Waals surface area contributed by atoms with Crippen LogP contribution in [-0.4, -0.2) is 32.3 Å². The van der Waals surface area contributed by atoms with Gasteiger partial charge in [-0.15, -0.1) is 11.3 Å². The van der Waals surface area contributed by atoms with Crippen LogP contribution >= 0.6 is 11.3 Å². The van der Waals surface area contributed by atoms with Crippen LogP contribution in [-0.2, 0) is 12.7 Å². The number of nitrogens with zero attached hydrogens (tertiary/aromatic N) is 2. The van der Waals surface area contributed by atoms with Crippen molar-refractivity contribution in [2.24, 2.45) is 0 Å². The lowest BCUT2D eigenvalue weighted by molar-refractivity contribution is -0.137. The van der Waals surface area contributed by atoms with Gasteiger partial charge in [0.1, 0.15) is 5.75 Å². The molecule has 3 aromatic heterocycles. The molecule has 8 nitrogen and oxygen atoms in total. The Morgan fingerprint density at radius 1 is 1.11 bits per heavy atom. The SMILES string of the molecule is COc1ccccc1Cn1c(C(=O)O)c(-n2c(=O)[nH]c3cscc3c2=O)c2cc(C(F)(F)F)ccc21. The highest BCUT2D eigenvalue weighted by atomic mass is 32.1. The first-order valence-corrected chi connectivity index (χ1v) is 11.4. The fourth-order valence-electron chi connectivity index (χ4n) is 4.27. The molecule has 0 saturated carbocycles. The number of carboxylic acids is 1. The van der Waals surface area contributed by atoms with Gasteiger partial charge in [0.2, 0.25) is 0 Å². The average molecular weight is 515 g/mol. The predicted molar refractivity (Wildman–Crippen MR) is 128 cm³/mol. The Hall–Kier alpha value is -4.32. The maximum atomic E-state index is 13.6. The summed E-state index contributed by atoms with van der Waals surface area (Å²) in [6.07, 6.45) is -4.74. The number of nitrogens with one attached hydrogen (secondary N) is 1. The van der Waals surface area contributed by atoms with E-state index in [-0.39, 0.29) is 28.4 Å². The summed E-state index contributed by atoms with van der Waals surface area (Å²) in [5.74, 6) is -1.10. The van der Waals surface area contributed by atoms with Crippen molar-refractivity contribution in [3.8, 4) is 11.4 Å². The van der Waals surface area contributed by atoms with Crippen LogP contribution in [0.1, 0.15) is 21.6 Å². The van der Waals surface area contributed by atoms with Crippen LogP contribution in [0.3, 0.4) is 0 Å². The summed E-state index contributed by atoms with van der Waals surface area (Å²) in [6.45, 7) is -0.110. The van der Waals surface area contributed by atoms with Crippen molar-refractivity contribution in [1.82, 2.24) is 14.1 Å². The fourth-order valence-corrected chi connectivity index (χ4v) is 5.02. The number of hydrogen-bond donors (Lipinski definition) is 2. The normalized spacial score (nSPS) is 11.9. The number of thiophene rings is 1. The molecule has 0 aliphatic heterocycles. The van der Waals surface area contributed by atoms with E-state index in [1.807, 2.05) is 0 Å². The van der Waals surface area contributed by atoms with Gasteiger partial charge in [-0.1, -0.05) is 18.2 Å². The van der Waals surface area contributed by atoms with E-state index in [0.717, 1.165) is 29.5 Å². The minimum Gasteiger partial charge on any atom is -0.496 e. The molecule has 5 aromatic rings. The van der Waals surface area contributed by atoms with E-state index in [0.29, 0.717) is 15.9 Å². The number of methoxy groups -OCH3 is 1. The van der Waals surface area contributed by atoms with Crippen molar-refractivity contribution in [2.45, 2.75) is 12.7 Å². The van der Waals surface area contributed by atoms with E-state index >= 15 is 0 Å². The van der Waals surface area contributed by atoms with Crippen molar-refractivity contribution in [1.29, 1.82) is 0 Å². The smallest absolute Gasteiger partial charge is 0.416 e. The number of halogens is 3. The van der Waals surface area contributed by atoms with Crippen molar-refractivity contribution in [3.05, 3.63) is 90.9 Å². The van der Waals surface area contributed by atoms with Gasteiger partial charge >= 0.3 is 17.8 Å². The molecule has 36 heavy (non-hydrogen) atoms. The molecule has 2 N–H and O–H groups in total. The largest absolute Gasteiger partial charge is 0.496 e. The molecular formula is C24H16F3N3O5S. The second-order valence-corrected chi connectivity index (χ2v) is 8.64. The third-order valence-electron chi connectivity index (χ3n) is 5.85. The second-order valence-electron chi connectivity index (χ2n) is 7.90. The number of rotatable bonds is 5. The molecule has 184 valence electrons. The van der Waals surface area contributed by atoms with E-state index in [4.69, 9.17) is 4.74 Å². The summed E-state index contributed by atoms with van der Waals surface area (Å²) < 4.78 is 48.0. The van der Waals surface area contributed by atoms with Crippen LogP contribution in [0.15, 0.2) is 62.8 Å². The molecule has 0 atom stereocenters. The third kappa shape index (κ3) is 3.66. The van der Waals surface area contributed by atoms with Crippen molar-refractivity contribution >= 4 is 39.1 Å². The summed E-state index contributed by atoms with van der Waals surface area (Å²) in [4.78, 5) is 41.3. The monoisotopic (exact) mass is 515 g/mol. The van der Waals surface area contributed by atoms with Crippen LogP contribution in [0.5, 0.6) is 5.75 Å². The third-order valence-corrected chi connectivity index (χ3v) is 6.59. The first kappa shape index (κ1) is 23.4. The Morgan fingerprint density at radius 2 is 1.86 bits per heavy atom. The fraction of sp³-hybridized carbons (Fsp3) is 0.125.